The van der Waals surface area contributed by atoms with Crippen molar-refractivity contribution in [2.45, 2.75) is 24.6 Å². The minimum Gasteiger partial charge on any atom is -0.543 e. The molecule has 1 aromatic rings. The van der Waals surface area contributed by atoms with Crippen LogP contribution in [0.2, 0.25) is 0 Å². The van der Waals surface area contributed by atoms with Gasteiger partial charge in [0.25, 0.3) is 0 Å². The van der Waals surface area contributed by atoms with Gasteiger partial charge in [-0.05, 0) is 5.56 Å². The van der Waals surface area contributed by atoms with E-state index in [0.29, 0.717) is 17.9 Å². The molecule has 1 amide bonds. The van der Waals surface area contributed by atoms with Crippen molar-refractivity contribution < 1.29 is 24.4 Å². The molecule has 2 aliphatic rings. The number of aliphatic hydroxyl groups excluding tert-OH is 1. The van der Waals surface area contributed by atoms with Gasteiger partial charge in [-0.3, -0.25) is 9.69 Å². The van der Waals surface area contributed by atoms with E-state index in [-0.39, 0.29) is 23.6 Å². The summed E-state index contributed by atoms with van der Waals surface area (Å²) in [5.41, 5.74) is 7.02. The van der Waals surface area contributed by atoms with Crippen LogP contribution in [0.1, 0.15) is 5.56 Å². The average molecular weight is 321 g/mol. The third-order valence-electron chi connectivity index (χ3n) is 3.80. The van der Waals surface area contributed by atoms with E-state index in [1.165, 1.54) is 16.7 Å². The number of carboxylic acids is 1. The summed E-state index contributed by atoms with van der Waals surface area (Å²) in [6, 6.07) is 2.86. The van der Waals surface area contributed by atoms with Gasteiger partial charge in [0.2, 0.25) is 5.91 Å². The smallest absolute Gasteiger partial charge is 0.248 e. The largest absolute Gasteiger partial charge is 0.543 e. The first-order valence-electron chi connectivity index (χ1n) is 6.75. The van der Waals surface area contributed by atoms with E-state index >= 15 is 0 Å². The predicted molar refractivity (Wildman–Crippen MR) is 75.7 cm³/mol. The molecule has 2 aliphatic heterocycles. The molecule has 0 spiro atoms. The molecule has 0 saturated carbocycles. The lowest BCUT2D eigenvalue weighted by Crippen LogP contribution is -2.69. The third kappa shape index (κ3) is 2.39. The highest BCUT2D eigenvalue weighted by atomic mass is 32.2. The molecule has 2 atom stereocenters. The maximum Gasteiger partial charge on any atom is 0.248 e. The topological polar surface area (TPSA) is 111 Å². The highest BCUT2D eigenvalue weighted by molar-refractivity contribution is 8.00. The molecule has 22 heavy (non-hydrogen) atoms. The summed E-state index contributed by atoms with van der Waals surface area (Å²) in [6.45, 7) is 0.291. The summed E-state index contributed by atoms with van der Waals surface area (Å²) in [5, 5.41) is 20.2. The lowest BCUT2D eigenvalue weighted by Gasteiger charge is -2.49. The fourth-order valence-corrected chi connectivity index (χ4v) is 3.89. The quantitative estimate of drug-likeness (QED) is 0.477. The zero-order valence-electron chi connectivity index (χ0n) is 11.6. The van der Waals surface area contributed by atoms with Gasteiger partial charge in [-0.25, -0.2) is 4.57 Å². The normalized spacial score (nSPS) is 24.1. The van der Waals surface area contributed by atoms with Crippen LogP contribution in [0.3, 0.4) is 0 Å². The molecule has 1 aromatic heterocycles. The Hall–Kier alpha value is -1.90. The molecule has 0 radical (unpaired) electrons. The van der Waals surface area contributed by atoms with Crippen LogP contribution in [0.4, 0.5) is 0 Å². The highest BCUT2D eigenvalue weighted by Crippen LogP contribution is 2.39. The molecular formula is C14H15N3O4S. The Morgan fingerprint density at radius 3 is 2.77 bits per heavy atom. The number of aliphatic hydroxyl groups is 1. The standard InChI is InChI=1S/C14H15N3O4S/c15-10-12(19)17-11(14(20)21)9(7-22-13(10)17)5-16-3-1-8(6-18)2-4-16/h1-4,10,13,18H,5-7,15H2. The summed E-state index contributed by atoms with van der Waals surface area (Å²) in [7, 11) is 0. The first-order chi connectivity index (χ1) is 10.5. The van der Waals surface area contributed by atoms with Crippen molar-refractivity contribution in [1.29, 1.82) is 0 Å². The Balaban J connectivity index is 1.89. The van der Waals surface area contributed by atoms with Crippen LogP contribution in [-0.2, 0) is 22.7 Å². The van der Waals surface area contributed by atoms with Crippen molar-refractivity contribution in [2.24, 2.45) is 5.73 Å². The number of nitrogens with zero attached hydrogens (tertiary/aromatic N) is 2. The number of carbonyl (C=O) groups is 2. The lowest BCUT2D eigenvalue weighted by molar-refractivity contribution is -0.689. The van der Waals surface area contributed by atoms with Gasteiger partial charge in [0.1, 0.15) is 11.4 Å². The molecule has 3 N–H and O–H groups in total. The van der Waals surface area contributed by atoms with Gasteiger partial charge in [0.15, 0.2) is 18.9 Å². The molecule has 1 fully saturated rings. The minimum absolute atomic E-state index is 0.0501. The van der Waals surface area contributed by atoms with Crippen LogP contribution in [0.5, 0.6) is 0 Å². The first kappa shape index (κ1) is 15.0. The predicted octanol–water partition coefficient (Wildman–Crippen LogP) is -2.29. The van der Waals surface area contributed by atoms with E-state index in [0.717, 1.165) is 5.56 Å². The number of β-lactam (4-membered cyclic amide) rings is 1. The number of carbonyl (C=O) groups excluding carboxylic acids is 2. The fraction of sp³-hybridized carbons (Fsp3) is 0.357. The van der Waals surface area contributed by atoms with E-state index in [1.54, 1.807) is 29.1 Å². The maximum atomic E-state index is 11.8. The summed E-state index contributed by atoms with van der Waals surface area (Å²) >= 11 is 1.46. The van der Waals surface area contributed by atoms with Crippen molar-refractivity contribution in [3.63, 3.8) is 0 Å². The molecule has 3 heterocycles. The van der Waals surface area contributed by atoms with Gasteiger partial charge >= 0.3 is 0 Å². The van der Waals surface area contributed by atoms with E-state index < -0.39 is 12.0 Å². The minimum atomic E-state index is -1.35. The number of hydrogen-bond acceptors (Lipinski definition) is 6. The fourth-order valence-electron chi connectivity index (χ4n) is 2.61. The van der Waals surface area contributed by atoms with Gasteiger partial charge in [0.05, 0.1) is 18.3 Å². The van der Waals surface area contributed by atoms with Gasteiger partial charge in [0, 0.05) is 23.5 Å². The molecule has 8 heteroatoms. The molecular weight excluding hydrogens is 306 g/mol. The zero-order chi connectivity index (χ0) is 15.9. The van der Waals surface area contributed by atoms with E-state index in [4.69, 9.17) is 10.8 Å². The summed E-state index contributed by atoms with van der Waals surface area (Å²) < 4.78 is 1.79. The van der Waals surface area contributed by atoms with Gasteiger partial charge in [-0.15, -0.1) is 11.8 Å². The number of aromatic nitrogens is 1. The Morgan fingerprint density at radius 1 is 1.50 bits per heavy atom. The lowest BCUT2D eigenvalue weighted by atomic mass is 10.0. The second-order valence-electron chi connectivity index (χ2n) is 5.21. The molecule has 2 unspecified atom stereocenters. The van der Waals surface area contributed by atoms with Crippen LogP contribution in [0.25, 0.3) is 0 Å². The molecule has 0 aliphatic carbocycles. The van der Waals surface area contributed by atoms with Gasteiger partial charge < -0.3 is 20.7 Å². The van der Waals surface area contributed by atoms with Crippen LogP contribution in [0.15, 0.2) is 35.8 Å². The molecule has 0 bridgehead atoms. The molecule has 1 saturated heterocycles. The Kier molecular flexibility index (Phi) is 3.90. The van der Waals surface area contributed by atoms with Crippen molar-refractivity contribution in [3.8, 4) is 0 Å². The summed E-state index contributed by atoms with van der Waals surface area (Å²) in [6.07, 6.45) is 3.51. The van der Waals surface area contributed by atoms with E-state index in [9.17, 15) is 14.7 Å². The monoisotopic (exact) mass is 321 g/mol. The van der Waals surface area contributed by atoms with E-state index in [2.05, 4.69) is 0 Å². The van der Waals surface area contributed by atoms with Crippen molar-refractivity contribution in [1.82, 2.24) is 4.90 Å². The van der Waals surface area contributed by atoms with Crippen LogP contribution in [-0.4, -0.2) is 39.1 Å². The number of nitrogens with two attached hydrogens (primary N) is 1. The molecule has 116 valence electrons. The maximum absolute atomic E-state index is 11.8. The highest BCUT2D eigenvalue weighted by Gasteiger charge is 2.50. The Morgan fingerprint density at radius 2 is 2.18 bits per heavy atom. The zero-order valence-corrected chi connectivity index (χ0v) is 12.5. The number of hydrogen-bond donors (Lipinski definition) is 2. The van der Waals surface area contributed by atoms with Crippen LogP contribution < -0.4 is 15.4 Å². The second-order valence-corrected chi connectivity index (χ2v) is 6.32. The Bertz CT molecular complexity index is 659. The number of carboxylic acid groups (broad SMARTS) is 1. The summed E-state index contributed by atoms with van der Waals surface area (Å²) in [4.78, 5) is 24.5. The van der Waals surface area contributed by atoms with Crippen molar-refractivity contribution in [3.05, 3.63) is 41.4 Å². The molecule has 0 aromatic carbocycles. The van der Waals surface area contributed by atoms with Crippen molar-refractivity contribution >= 4 is 23.6 Å². The number of fused-ring (bicyclic) bond motifs is 1. The van der Waals surface area contributed by atoms with Gasteiger partial charge in [-0.1, -0.05) is 0 Å². The summed E-state index contributed by atoms with van der Waals surface area (Å²) in [5.74, 6) is -1.25. The number of pyridine rings is 1. The molecule has 7 nitrogen and oxygen atoms in total. The average Bonchev–Trinajstić information content (AvgIpc) is 2.54. The number of rotatable bonds is 4. The first-order valence-corrected chi connectivity index (χ1v) is 7.80. The SMILES string of the molecule is NC1C(=O)N2C(C(=O)[O-])=C(C[n+]3ccc(CO)cc3)CSC12. The van der Waals surface area contributed by atoms with Gasteiger partial charge in [-0.2, -0.15) is 0 Å². The van der Waals surface area contributed by atoms with Crippen molar-refractivity contribution in [2.75, 3.05) is 5.75 Å². The molecule has 3 rings (SSSR count). The number of aliphatic carboxylic acids is 1. The van der Waals surface area contributed by atoms with Crippen LogP contribution >= 0.6 is 11.8 Å². The number of amides is 1. The second kappa shape index (κ2) is 5.71. The van der Waals surface area contributed by atoms with Crippen LogP contribution in [0, 0.1) is 0 Å². The number of thioether (sulfide) groups is 1. The third-order valence-corrected chi connectivity index (χ3v) is 5.16. The Labute approximate surface area is 131 Å². The van der Waals surface area contributed by atoms with E-state index in [1.807, 2.05) is 0 Å².